The Labute approximate surface area is 115 Å². The summed E-state index contributed by atoms with van der Waals surface area (Å²) in [4.78, 5) is 23.5. The molecule has 2 heterocycles. The van der Waals surface area contributed by atoms with E-state index in [0.29, 0.717) is 24.7 Å². The summed E-state index contributed by atoms with van der Waals surface area (Å²) in [5.74, 6) is -0.417. The lowest BCUT2D eigenvalue weighted by atomic mass is 10.3. The Morgan fingerprint density at radius 1 is 1.40 bits per heavy atom. The van der Waals surface area contributed by atoms with Crippen LogP contribution < -0.4 is 5.32 Å². The summed E-state index contributed by atoms with van der Waals surface area (Å²) in [7, 11) is 1.59. The normalized spacial score (nSPS) is 10.2. The van der Waals surface area contributed by atoms with E-state index in [1.807, 2.05) is 0 Å². The van der Waals surface area contributed by atoms with Gasteiger partial charge < -0.3 is 15.2 Å². The summed E-state index contributed by atoms with van der Waals surface area (Å²) in [5.41, 5.74) is 0.436. The molecular formula is C13H14N4O3. The minimum Gasteiger partial charge on any atom is -0.477 e. The second-order valence-electron chi connectivity index (χ2n) is 3.90. The van der Waals surface area contributed by atoms with Crippen molar-refractivity contribution in [2.75, 3.05) is 25.6 Å². The van der Waals surface area contributed by atoms with Crippen molar-refractivity contribution < 1.29 is 14.6 Å². The number of aromatic carboxylic acids is 1. The highest BCUT2D eigenvalue weighted by molar-refractivity contribution is 5.86. The molecule has 0 bridgehead atoms. The zero-order valence-electron chi connectivity index (χ0n) is 10.9. The number of hydrogen-bond donors (Lipinski definition) is 2. The second-order valence-corrected chi connectivity index (χ2v) is 3.90. The van der Waals surface area contributed by atoms with Gasteiger partial charge in [0.1, 0.15) is 11.5 Å². The molecule has 2 aromatic rings. The zero-order valence-corrected chi connectivity index (χ0v) is 10.9. The molecule has 0 atom stereocenters. The molecule has 0 spiro atoms. The van der Waals surface area contributed by atoms with Crippen LogP contribution in [0.5, 0.6) is 0 Å². The Bertz CT molecular complexity index is 589. The van der Waals surface area contributed by atoms with Crippen LogP contribution >= 0.6 is 0 Å². The molecule has 0 aliphatic carbocycles. The van der Waals surface area contributed by atoms with Crippen LogP contribution in [0.25, 0.3) is 11.5 Å². The van der Waals surface area contributed by atoms with Crippen LogP contribution in [-0.4, -0.2) is 46.3 Å². The van der Waals surface area contributed by atoms with Crippen LogP contribution in [0.3, 0.4) is 0 Å². The summed E-state index contributed by atoms with van der Waals surface area (Å²) < 4.78 is 4.92. The number of carboxylic acid groups (broad SMARTS) is 1. The van der Waals surface area contributed by atoms with Crippen molar-refractivity contribution in [2.24, 2.45) is 0 Å². The van der Waals surface area contributed by atoms with Crippen LogP contribution in [-0.2, 0) is 4.74 Å². The third-order valence-corrected chi connectivity index (χ3v) is 2.45. The lowest BCUT2D eigenvalue weighted by molar-refractivity contribution is 0.0690. The van der Waals surface area contributed by atoms with E-state index in [9.17, 15) is 4.79 Å². The lowest BCUT2D eigenvalue weighted by Gasteiger charge is -2.07. The maximum atomic E-state index is 11.1. The van der Waals surface area contributed by atoms with Gasteiger partial charge in [-0.3, -0.25) is 4.98 Å². The minimum absolute atomic E-state index is 0.0828. The van der Waals surface area contributed by atoms with E-state index in [4.69, 9.17) is 9.84 Å². The molecule has 0 saturated heterocycles. The highest BCUT2D eigenvalue weighted by Crippen LogP contribution is 2.15. The number of nitrogens with zero attached hydrogens (tertiary/aromatic N) is 3. The summed E-state index contributed by atoms with van der Waals surface area (Å²) in [6.45, 7) is 1.01. The van der Waals surface area contributed by atoms with Gasteiger partial charge in [-0.25, -0.2) is 14.8 Å². The monoisotopic (exact) mass is 274 g/mol. The number of carbonyl (C=O) groups is 1. The predicted molar refractivity (Wildman–Crippen MR) is 72.6 cm³/mol. The van der Waals surface area contributed by atoms with Crippen LogP contribution in [0.4, 0.5) is 5.82 Å². The Morgan fingerprint density at radius 3 is 2.90 bits per heavy atom. The predicted octanol–water partition coefficient (Wildman–Crippen LogP) is 1.30. The van der Waals surface area contributed by atoms with Crippen molar-refractivity contribution in [3.63, 3.8) is 0 Å². The van der Waals surface area contributed by atoms with Crippen LogP contribution in [0.1, 0.15) is 10.5 Å². The summed E-state index contributed by atoms with van der Waals surface area (Å²) >= 11 is 0. The molecule has 104 valence electrons. The number of aromatic nitrogens is 3. The van der Waals surface area contributed by atoms with Crippen LogP contribution in [0.2, 0.25) is 0 Å². The Hall–Kier alpha value is -2.54. The molecule has 2 N–H and O–H groups in total. The van der Waals surface area contributed by atoms with Gasteiger partial charge in [-0.2, -0.15) is 0 Å². The third kappa shape index (κ3) is 3.48. The first-order valence-electron chi connectivity index (χ1n) is 5.97. The number of anilines is 1. The van der Waals surface area contributed by atoms with Crippen LogP contribution in [0.15, 0.2) is 30.5 Å². The van der Waals surface area contributed by atoms with Crippen molar-refractivity contribution in [2.45, 2.75) is 0 Å². The highest BCUT2D eigenvalue weighted by Gasteiger charge is 2.12. The van der Waals surface area contributed by atoms with E-state index in [1.54, 1.807) is 31.5 Å². The van der Waals surface area contributed by atoms with E-state index in [0.717, 1.165) is 0 Å². The van der Waals surface area contributed by atoms with Gasteiger partial charge in [0.2, 0.25) is 0 Å². The fourth-order valence-electron chi connectivity index (χ4n) is 1.54. The first-order valence-corrected chi connectivity index (χ1v) is 5.97. The summed E-state index contributed by atoms with van der Waals surface area (Å²) in [6.07, 6.45) is 1.60. The molecule has 0 amide bonds. The van der Waals surface area contributed by atoms with Crippen molar-refractivity contribution in [1.29, 1.82) is 0 Å². The average molecular weight is 274 g/mol. The van der Waals surface area contributed by atoms with Gasteiger partial charge >= 0.3 is 5.97 Å². The van der Waals surface area contributed by atoms with Gasteiger partial charge in [0.15, 0.2) is 11.5 Å². The standard InChI is InChI=1S/C13H14N4O3/c1-20-7-6-15-11-8-10(13(18)19)16-12(17-11)9-4-2-3-5-14-9/h2-5,8H,6-7H2,1H3,(H,18,19)(H,15,16,17). The number of nitrogens with one attached hydrogen (secondary N) is 1. The molecule has 7 nitrogen and oxygen atoms in total. The van der Waals surface area contributed by atoms with E-state index in [-0.39, 0.29) is 11.5 Å². The Morgan fingerprint density at radius 2 is 2.25 bits per heavy atom. The number of ether oxygens (including phenoxy) is 1. The molecule has 0 fully saturated rings. The number of carboxylic acids is 1. The topological polar surface area (TPSA) is 97.2 Å². The van der Waals surface area contributed by atoms with Crippen molar-refractivity contribution in [3.8, 4) is 11.5 Å². The first kappa shape index (κ1) is 13.9. The third-order valence-electron chi connectivity index (χ3n) is 2.45. The fourth-order valence-corrected chi connectivity index (χ4v) is 1.54. The van der Waals surface area contributed by atoms with Crippen molar-refractivity contribution in [1.82, 2.24) is 15.0 Å². The minimum atomic E-state index is -1.11. The molecule has 7 heteroatoms. The molecule has 0 aromatic carbocycles. The van der Waals surface area contributed by atoms with Crippen molar-refractivity contribution in [3.05, 3.63) is 36.2 Å². The number of pyridine rings is 1. The highest BCUT2D eigenvalue weighted by atomic mass is 16.5. The number of hydrogen-bond acceptors (Lipinski definition) is 6. The molecule has 0 aliphatic rings. The maximum absolute atomic E-state index is 11.1. The first-order chi connectivity index (χ1) is 9.70. The molecule has 0 unspecified atom stereocenters. The van der Waals surface area contributed by atoms with Crippen molar-refractivity contribution >= 4 is 11.8 Å². The molecule has 20 heavy (non-hydrogen) atoms. The number of methoxy groups -OCH3 is 1. The molecular weight excluding hydrogens is 260 g/mol. The SMILES string of the molecule is COCCNc1cc(C(=O)O)nc(-c2ccccn2)n1. The number of rotatable bonds is 6. The fraction of sp³-hybridized carbons (Fsp3) is 0.231. The largest absolute Gasteiger partial charge is 0.477 e. The summed E-state index contributed by atoms with van der Waals surface area (Å²) in [5, 5.41) is 12.1. The van der Waals surface area contributed by atoms with Gasteiger partial charge in [0.05, 0.1) is 6.61 Å². The van der Waals surface area contributed by atoms with E-state index in [2.05, 4.69) is 20.3 Å². The molecule has 2 rings (SSSR count). The van der Waals surface area contributed by atoms with E-state index >= 15 is 0 Å². The van der Waals surface area contributed by atoms with E-state index < -0.39 is 5.97 Å². The van der Waals surface area contributed by atoms with Gasteiger partial charge in [-0.1, -0.05) is 6.07 Å². The molecule has 0 saturated carbocycles. The molecule has 0 radical (unpaired) electrons. The lowest BCUT2D eigenvalue weighted by Crippen LogP contribution is -2.12. The van der Waals surface area contributed by atoms with E-state index in [1.165, 1.54) is 6.07 Å². The molecule has 0 aliphatic heterocycles. The van der Waals surface area contributed by atoms with Gasteiger partial charge in [0.25, 0.3) is 0 Å². The summed E-state index contributed by atoms with van der Waals surface area (Å²) in [6, 6.07) is 6.66. The maximum Gasteiger partial charge on any atom is 0.354 e. The smallest absolute Gasteiger partial charge is 0.354 e. The van der Waals surface area contributed by atoms with Gasteiger partial charge in [0, 0.05) is 25.9 Å². The van der Waals surface area contributed by atoms with Gasteiger partial charge in [-0.15, -0.1) is 0 Å². The average Bonchev–Trinajstić information content (AvgIpc) is 2.48. The molecule has 2 aromatic heterocycles. The van der Waals surface area contributed by atoms with Gasteiger partial charge in [-0.05, 0) is 12.1 Å². The Balaban J connectivity index is 2.34. The van der Waals surface area contributed by atoms with Crippen LogP contribution in [0, 0.1) is 0 Å². The zero-order chi connectivity index (χ0) is 14.4. The Kier molecular flexibility index (Phi) is 4.56. The quantitative estimate of drug-likeness (QED) is 0.766. The second kappa shape index (κ2) is 6.58.